The third-order valence-corrected chi connectivity index (χ3v) is 3.71. The average molecular weight is 243 g/mol. The van der Waals surface area contributed by atoms with E-state index in [1.54, 1.807) is 0 Å². The van der Waals surface area contributed by atoms with Crippen molar-refractivity contribution in [2.75, 3.05) is 0 Å². The topological polar surface area (TPSA) is 12.0 Å². The van der Waals surface area contributed by atoms with Crippen LogP contribution in [0.1, 0.15) is 41.0 Å². The average Bonchev–Trinajstić information content (AvgIpc) is 2.32. The van der Waals surface area contributed by atoms with E-state index in [9.17, 15) is 0 Å². The molecule has 1 heterocycles. The maximum Gasteiger partial charge on any atom is 0.0384 e. The third kappa shape index (κ3) is 2.66. The van der Waals surface area contributed by atoms with Gasteiger partial charge in [-0.2, -0.15) is 0 Å². The molecule has 0 aliphatic carbocycles. The van der Waals surface area contributed by atoms with Crippen molar-refractivity contribution < 1.29 is 0 Å². The summed E-state index contributed by atoms with van der Waals surface area (Å²) in [6.07, 6.45) is 11.3. The van der Waals surface area contributed by atoms with Crippen molar-refractivity contribution in [1.29, 1.82) is 0 Å². The van der Waals surface area contributed by atoms with Crippen molar-refractivity contribution >= 4 is 0 Å². The molecule has 98 valence electrons. The fourth-order valence-corrected chi connectivity index (χ4v) is 2.37. The van der Waals surface area contributed by atoms with Crippen molar-refractivity contribution in [2.45, 2.75) is 41.0 Å². The van der Waals surface area contributed by atoms with E-state index >= 15 is 0 Å². The van der Waals surface area contributed by atoms with Gasteiger partial charge in [0.2, 0.25) is 0 Å². The van der Waals surface area contributed by atoms with Crippen molar-refractivity contribution in [3.63, 3.8) is 0 Å². The molecule has 0 spiro atoms. The van der Waals surface area contributed by atoms with Crippen LogP contribution in [0.4, 0.5) is 0 Å². The molecule has 18 heavy (non-hydrogen) atoms. The molecule has 0 radical (unpaired) electrons. The Hall–Kier alpha value is -1.50. The monoisotopic (exact) mass is 243 g/mol. The van der Waals surface area contributed by atoms with Crippen molar-refractivity contribution in [1.82, 2.24) is 5.32 Å². The summed E-state index contributed by atoms with van der Waals surface area (Å²) < 4.78 is 0. The second-order valence-electron chi connectivity index (χ2n) is 5.17. The molecule has 0 atom stereocenters. The summed E-state index contributed by atoms with van der Waals surface area (Å²) in [4.78, 5) is 0. The smallest absolute Gasteiger partial charge is 0.0384 e. The van der Waals surface area contributed by atoms with Crippen LogP contribution in [-0.2, 0) is 0 Å². The summed E-state index contributed by atoms with van der Waals surface area (Å²) in [5.74, 6) is 0. The van der Waals surface area contributed by atoms with Crippen molar-refractivity contribution in [3.05, 3.63) is 59.5 Å². The van der Waals surface area contributed by atoms with Gasteiger partial charge in [0.15, 0.2) is 0 Å². The minimum Gasteiger partial charge on any atom is -0.356 e. The molecule has 0 aromatic heterocycles. The van der Waals surface area contributed by atoms with E-state index in [0.717, 1.165) is 6.42 Å². The van der Waals surface area contributed by atoms with Gasteiger partial charge >= 0.3 is 0 Å². The number of rotatable bonds is 4. The van der Waals surface area contributed by atoms with E-state index in [1.165, 1.54) is 22.5 Å². The maximum absolute atomic E-state index is 3.88. The van der Waals surface area contributed by atoms with Gasteiger partial charge in [-0.25, -0.2) is 0 Å². The minimum absolute atomic E-state index is 0.0725. The predicted molar refractivity (Wildman–Crippen MR) is 81.1 cm³/mol. The fraction of sp³-hybridized carbons (Fsp3) is 0.412. The molecule has 1 rings (SSSR count). The SMILES string of the molecule is C=CCC1=C(/C=C\C)NC(/C=C\C)=C(C)C1(C)C. The van der Waals surface area contributed by atoms with Gasteiger partial charge in [0.05, 0.1) is 0 Å². The third-order valence-electron chi connectivity index (χ3n) is 3.71. The van der Waals surface area contributed by atoms with E-state index in [0.29, 0.717) is 0 Å². The first kappa shape index (κ1) is 14.6. The Bertz CT molecular complexity index is 442. The molecule has 1 nitrogen and oxygen atoms in total. The first-order valence-electron chi connectivity index (χ1n) is 6.57. The van der Waals surface area contributed by atoms with Crippen LogP contribution in [0.15, 0.2) is 59.5 Å². The van der Waals surface area contributed by atoms with Gasteiger partial charge in [0.25, 0.3) is 0 Å². The van der Waals surface area contributed by atoms with Crippen LogP contribution >= 0.6 is 0 Å². The summed E-state index contributed by atoms with van der Waals surface area (Å²) in [7, 11) is 0. The molecule has 1 aliphatic rings. The predicted octanol–water partition coefficient (Wildman–Crippen LogP) is 4.87. The second kappa shape index (κ2) is 5.90. The van der Waals surface area contributed by atoms with E-state index in [4.69, 9.17) is 0 Å². The Balaban J connectivity index is 3.35. The minimum atomic E-state index is 0.0725. The fourth-order valence-electron chi connectivity index (χ4n) is 2.37. The lowest BCUT2D eigenvalue weighted by Crippen LogP contribution is -2.30. The highest BCUT2D eigenvalue weighted by Crippen LogP contribution is 2.42. The molecular weight excluding hydrogens is 218 g/mol. The number of allylic oxidation sites excluding steroid dienone is 7. The quantitative estimate of drug-likeness (QED) is 0.694. The lowest BCUT2D eigenvalue weighted by atomic mass is 9.72. The van der Waals surface area contributed by atoms with Gasteiger partial charge in [-0.1, -0.05) is 32.1 Å². The maximum atomic E-state index is 3.88. The second-order valence-corrected chi connectivity index (χ2v) is 5.17. The molecule has 0 saturated carbocycles. The first-order valence-corrected chi connectivity index (χ1v) is 6.57. The van der Waals surface area contributed by atoms with Gasteiger partial charge in [-0.3, -0.25) is 0 Å². The summed E-state index contributed by atoms with van der Waals surface area (Å²) in [6, 6.07) is 0. The zero-order valence-electron chi connectivity index (χ0n) is 12.3. The van der Waals surface area contributed by atoms with Crippen LogP contribution in [0.2, 0.25) is 0 Å². The highest BCUT2D eigenvalue weighted by atomic mass is 14.9. The zero-order valence-corrected chi connectivity index (χ0v) is 12.3. The van der Waals surface area contributed by atoms with Gasteiger partial charge in [0, 0.05) is 16.8 Å². The number of hydrogen-bond donors (Lipinski definition) is 1. The molecule has 1 aliphatic heterocycles. The van der Waals surface area contributed by atoms with E-state index in [2.05, 4.69) is 57.0 Å². The molecule has 0 fully saturated rings. The summed E-state index contributed by atoms with van der Waals surface area (Å²) in [5, 5.41) is 3.53. The Morgan fingerprint density at radius 1 is 1.11 bits per heavy atom. The zero-order chi connectivity index (χ0) is 13.8. The molecule has 0 saturated heterocycles. The van der Waals surface area contributed by atoms with Crippen LogP contribution in [0.25, 0.3) is 0 Å². The Morgan fingerprint density at radius 2 is 1.67 bits per heavy atom. The van der Waals surface area contributed by atoms with Crippen molar-refractivity contribution in [2.24, 2.45) is 5.41 Å². The van der Waals surface area contributed by atoms with Crippen LogP contribution < -0.4 is 5.32 Å². The summed E-state index contributed by atoms with van der Waals surface area (Å²) in [5.41, 5.74) is 5.28. The summed E-state index contributed by atoms with van der Waals surface area (Å²) in [6.45, 7) is 14.8. The molecule has 0 aromatic carbocycles. The molecule has 0 aromatic rings. The van der Waals surface area contributed by atoms with Crippen LogP contribution in [0, 0.1) is 5.41 Å². The van der Waals surface area contributed by atoms with Gasteiger partial charge in [0.1, 0.15) is 0 Å². The van der Waals surface area contributed by atoms with Crippen molar-refractivity contribution in [3.8, 4) is 0 Å². The highest BCUT2D eigenvalue weighted by Gasteiger charge is 2.32. The molecule has 1 N–H and O–H groups in total. The molecule has 0 amide bonds. The number of dihydropyridines is 1. The van der Waals surface area contributed by atoms with E-state index < -0.39 is 0 Å². The Kier molecular flexibility index (Phi) is 4.77. The Morgan fingerprint density at radius 3 is 2.17 bits per heavy atom. The molecular formula is C17H25N. The van der Waals surface area contributed by atoms with E-state index in [-0.39, 0.29) is 5.41 Å². The summed E-state index contributed by atoms with van der Waals surface area (Å²) >= 11 is 0. The molecule has 1 heteroatoms. The van der Waals surface area contributed by atoms with Crippen LogP contribution in [0.3, 0.4) is 0 Å². The Labute approximate surface area is 112 Å². The van der Waals surface area contributed by atoms with Gasteiger partial charge in [-0.15, -0.1) is 6.58 Å². The first-order chi connectivity index (χ1) is 8.48. The molecule has 0 unspecified atom stereocenters. The van der Waals surface area contributed by atoms with Crippen LogP contribution in [-0.4, -0.2) is 0 Å². The lowest BCUT2D eigenvalue weighted by molar-refractivity contribution is 0.497. The standard InChI is InChI=1S/C17H25N/c1-7-10-14-16(12-9-3)18-15(11-8-2)13(4)17(14,5)6/h7-9,11-12,18H,1,10H2,2-6H3/b11-8-,12-9-. The normalized spacial score (nSPS) is 19.8. The largest absolute Gasteiger partial charge is 0.356 e. The lowest BCUT2D eigenvalue weighted by Gasteiger charge is -2.37. The highest BCUT2D eigenvalue weighted by molar-refractivity contribution is 5.46. The van der Waals surface area contributed by atoms with E-state index in [1.807, 2.05) is 19.9 Å². The molecule has 0 bridgehead atoms. The van der Waals surface area contributed by atoms with Gasteiger partial charge in [-0.05, 0) is 50.5 Å². The number of nitrogens with one attached hydrogen (secondary N) is 1. The van der Waals surface area contributed by atoms with Crippen LogP contribution in [0.5, 0.6) is 0 Å². The number of hydrogen-bond acceptors (Lipinski definition) is 1. The van der Waals surface area contributed by atoms with Gasteiger partial charge < -0.3 is 5.32 Å².